The maximum Gasteiger partial charge on any atom is 0.268 e. The van der Waals surface area contributed by atoms with Crippen molar-refractivity contribution >= 4 is 6.29 Å². The van der Waals surface area contributed by atoms with E-state index < -0.39 is 17.6 Å². The predicted octanol–water partition coefficient (Wildman–Crippen LogP) is 1.71. The van der Waals surface area contributed by atoms with Crippen LogP contribution in [0, 0.1) is 11.3 Å². The van der Waals surface area contributed by atoms with Crippen molar-refractivity contribution in [2.24, 2.45) is 0 Å². The zero-order valence-corrected chi connectivity index (χ0v) is 7.70. The van der Waals surface area contributed by atoms with Gasteiger partial charge in [-0.05, 0) is 0 Å². The summed E-state index contributed by atoms with van der Waals surface area (Å²) in [6.07, 6.45) is -1.65. The molecule has 0 bridgehead atoms. The number of carbonyl (C=O) groups is 1. The number of nitriles is 1. The Bertz CT molecular complexity index is 427. The molecule has 1 heterocycles. The summed E-state index contributed by atoms with van der Waals surface area (Å²) in [5, 5.41) is 8.66. The number of methoxy groups -OCH3 is 1. The molecule has 1 aromatic heterocycles. The number of pyridine rings is 1. The summed E-state index contributed by atoms with van der Waals surface area (Å²) in [7, 11) is 1.19. The molecule has 0 aliphatic heterocycles. The molecule has 0 aliphatic carbocycles. The third-order valence-electron chi connectivity index (χ3n) is 1.77. The number of aromatic nitrogens is 1. The van der Waals surface area contributed by atoms with Crippen LogP contribution in [-0.4, -0.2) is 18.4 Å². The van der Waals surface area contributed by atoms with Crippen LogP contribution in [0.3, 0.4) is 0 Å². The predicted molar refractivity (Wildman–Crippen MR) is 45.8 cm³/mol. The molecule has 0 fully saturated rings. The smallest absolute Gasteiger partial charge is 0.268 e. The van der Waals surface area contributed by atoms with E-state index in [1.807, 2.05) is 0 Å². The Balaban J connectivity index is 3.53. The van der Waals surface area contributed by atoms with Crippen LogP contribution in [-0.2, 0) is 0 Å². The van der Waals surface area contributed by atoms with Gasteiger partial charge in [0.1, 0.15) is 17.5 Å². The lowest BCUT2D eigenvalue weighted by atomic mass is 10.1. The molecule has 0 saturated carbocycles. The quantitative estimate of drug-likeness (QED) is 0.715. The lowest BCUT2D eigenvalue weighted by molar-refractivity contribution is 0.111. The lowest BCUT2D eigenvalue weighted by Gasteiger charge is -2.09. The second kappa shape index (κ2) is 4.46. The molecule has 0 spiro atoms. The van der Waals surface area contributed by atoms with Crippen molar-refractivity contribution in [2.75, 3.05) is 7.11 Å². The van der Waals surface area contributed by atoms with Crippen molar-refractivity contribution in [1.82, 2.24) is 4.98 Å². The molecule has 0 aromatic carbocycles. The van der Waals surface area contributed by atoms with E-state index in [9.17, 15) is 13.6 Å². The highest BCUT2D eigenvalue weighted by molar-refractivity contribution is 5.77. The number of alkyl halides is 2. The molecule has 0 saturated heterocycles. The van der Waals surface area contributed by atoms with Gasteiger partial charge in [0.25, 0.3) is 6.43 Å². The topological polar surface area (TPSA) is 63.0 Å². The van der Waals surface area contributed by atoms with E-state index in [0.717, 1.165) is 6.20 Å². The molecule has 0 N–H and O–H groups in total. The largest absolute Gasteiger partial charge is 0.495 e. The molecule has 0 aliphatic rings. The van der Waals surface area contributed by atoms with Crippen LogP contribution >= 0.6 is 0 Å². The highest BCUT2D eigenvalue weighted by atomic mass is 19.3. The van der Waals surface area contributed by atoms with E-state index in [2.05, 4.69) is 9.72 Å². The average Bonchev–Trinajstić information content (AvgIpc) is 2.26. The fraction of sp³-hybridized carbons (Fsp3) is 0.222. The van der Waals surface area contributed by atoms with Gasteiger partial charge in [-0.2, -0.15) is 5.26 Å². The van der Waals surface area contributed by atoms with E-state index in [0.29, 0.717) is 0 Å². The van der Waals surface area contributed by atoms with Crippen molar-refractivity contribution in [2.45, 2.75) is 6.43 Å². The summed E-state index contributed by atoms with van der Waals surface area (Å²) in [5.41, 5.74) is -1.36. The van der Waals surface area contributed by atoms with E-state index in [1.165, 1.54) is 13.2 Å². The van der Waals surface area contributed by atoms with Gasteiger partial charge in [0.15, 0.2) is 6.29 Å². The van der Waals surface area contributed by atoms with Crippen LogP contribution < -0.4 is 4.74 Å². The Morgan fingerprint density at radius 2 is 2.33 bits per heavy atom. The van der Waals surface area contributed by atoms with Crippen molar-refractivity contribution in [1.29, 1.82) is 5.26 Å². The first-order valence-corrected chi connectivity index (χ1v) is 3.86. The van der Waals surface area contributed by atoms with Crippen LogP contribution in [0.2, 0.25) is 0 Å². The lowest BCUT2D eigenvalue weighted by Crippen LogP contribution is -2.03. The first kappa shape index (κ1) is 11.0. The fourth-order valence-corrected chi connectivity index (χ4v) is 1.11. The van der Waals surface area contributed by atoms with Gasteiger partial charge < -0.3 is 4.74 Å². The highest BCUT2D eigenvalue weighted by Gasteiger charge is 2.22. The molecule has 0 atom stereocenters. The molecular formula is C9H6F2N2O2. The standard InChI is InChI=1S/C9H6F2N2O2/c1-15-7-3-13-6(4-14)5(2-12)8(7)9(10)11/h3-4,9H,1H3. The van der Waals surface area contributed by atoms with Crippen LogP contribution in [0.4, 0.5) is 8.78 Å². The zero-order valence-electron chi connectivity index (χ0n) is 7.70. The molecule has 15 heavy (non-hydrogen) atoms. The summed E-state index contributed by atoms with van der Waals surface area (Å²) in [6.45, 7) is 0. The van der Waals surface area contributed by atoms with E-state index in [-0.39, 0.29) is 17.7 Å². The molecule has 0 amide bonds. The average molecular weight is 212 g/mol. The second-order valence-electron chi connectivity index (χ2n) is 2.53. The van der Waals surface area contributed by atoms with Crippen molar-refractivity contribution in [3.63, 3.8) is 0 Å². The minimum absolute atomic E-state index is 0.202. The first-order valence-electron chi connectivity index (χ1n) is 3.86. The normalized spacial score (nSPS) is 9.80. The zero-order chi connectivity index (χ0) is 11.4. The third kappa shape index (κ3) is 1.91. The SMILES string of the molecule is COc1cnc(C=O)c(C#N)c1C(F)F. The Morgan fingerprint density at radius 3 is 2.73 bits per heavy atom. The van der Waals surface area contributed by atoms with Crippen LogP contribution in [0.1, 0.15) is 28.0 Å². The summed E-state index contributed by atoms with van der Waals surface area (Å²) in [5.74, 6) is -0.202. The molecule has 1 aromatic rings. The number of halogens is 2. The number of nitrogens with zero attached hydrogens (tertiary/aromatic N) is 2. The van der Waals surface area contributed by atoms with E-state index in [4.69, 9.17) is 5.26 Å². The Hall–Kier alpha value is -2.03. The van der Waals surface area contributed by atoms with Gasteiger partial charge in [-0.1, -0.05) is 0 Å². The summed E-state index contributed by atoms with van der Waals surface area (Å²) in [6, 6.07) is 1.52. The van der Waals surface area contributed by atoms with E-state index >= 15 is 0 Å². The van der Waals surface area contributed by atoms with Crippen molar-refractivity contribution in [3.05, 3.63) is 23.0 Å². The molecule has 6 heteroatoms. The fourth-order valence-electron chi connectivity index (χ4n) is 1.11. The highest BCUT2D eigenvalue weighted by Crippen LogP contribution is 2.32. The van der Waals surface area contributed by atoms with Gasteiger partial charge in [0.05, 0.1) is 24.4 Å². The number of aldehydes is 1. The Morgan fingerprint density at radius 1 is 1.67 bits per heavy atom. The number of hydrogen-bond acceptors (Lipinski definition) is 4. The van der Waals surface area contributed by atoms with Crippen LogP contribution in [0.5, 0.6) is 5.75 Å². The number of rotatable bonds is 3. The van der Waals surface area contributed by atoms with E-state index in [1.54, 1.807) is 0 Å². The molecule has 78 valence electrons. The summed E-state index contributed by atoms with van der Waals surface area (Å²) < 4.78 is 29.8. The molecule has 0 radical (unpaired) electrons. The van der Waals surface area contributed by atoms with Gasteiger partial charge in [0.2, 0.25) is 0 Å². The molecule has 0 unspecified atom stereocenters. The van der Waals surface area contributed by atoms with Gasteiger partial charge in [-0.15, -0.1) is 0 Å². The Labute approximate surface area is 84.1 Å². The second-order valence-corrected chi connectivity index (χ2v) is 2.53. The van der Waals surface area contributed by atoms with Crippen molar-refractivity contribution < 1.29 is 18.3 Å². The van der Waals surface area contributed by atoms with Crippen molar-refractivity contribution in [3.8, 4) is 11.8 Å². The third-order valence-corrected chi connectivity index (χ3v) is 1.77. The first-order chi connectivity index (χ1) is 7.15. The van der Waals surface area contributed by atoms with Gasteiger partial charge in [0, 0.05) is 0 Å². The number of hydrogen-bond donors (Lipinski definition) is 0. The molecular weight excluding hydrogens is 206 g/mol. The molecule has 4 nitrogen and oxygen atoms in total. The maximum absolute atomic E-state index is 12.6. The summed E-state index contributed by atoms with van der Waals surface area (Å²) in [4.78, 5) is 14.0. The minimum atomic E-state index is -2.89. The number of ether oxygens (including phenoxy) is 1. The van der Waals surface area contributed by atoms with Gasteiger partial charge in [-0.25, -0.2) is 13.8 Å². The van der Waals surface area contributed by atoms with Gasteiger partial charge >= 0.3 is 0 Å². The van der Waals surface area contributed by atoms with Crippen LogP contribution in [0.25, 0.3) is 0 Å². The minimum Gasteiger partial charge on any atom is -0.495 e. The Kier molecular flexibility index (Phi) is 3.29. The van der Waals surface area contributed by atoms with Gasteiger partial charge in [-0.3, -0.25) is 4.79 Å². The maximum atomic E-state index is 12.6. The monoisotopic (exact) mass is 212 g/mol. The number of carbonyl (C=O) groups excluding carboxylic acids is 1. The molecule has 1 rings (SSSR count). The van der Waals surface area contributed by atoms with Crippen LogP contribution in [0.15, 0.2) is 6.20 Å². The summed E-state index contributed by atoms with van der Waals surface area (Å²) >= 11 is 0.